The third-order valence-electron chi connectivity index (χ3n) is 3.99. The number of carbonyl (C=O) groups excluding carboxylic acids is 1. The van der Waals surface area contributed by atoms with Gasteiger partial charge in [-0.15, -0.1) is 12.4 Å². The summed E-state index contributed by atoms with van der Waals surface area (Å²) in [5.74, 6) is 1.53. The molecule has 0 spiro atoms. The van der Waals surface area contributed by atoms with E-state index in [0.29, 0.717) is 18.9 Å². The maximum absolute atomic E-state index is 12.1. The lowest BCUT2D eigenvalue weighted by Crippen LogP contribution is -2.40. The fourth-order valence-corrected chi connectivity index (χ4v) is 2.61. The molecule has 4 nitrogen and oxygen atoms in total. The molecule has 1 saturated heterocycles. The summed E-state index contributed by atoms with van der Waals surface area (Å²) in [6.45, 7) is 4.67. The van der Waals surface area contributed by atoms with E-state index in [2.05, 4.69) is 17.6 Å². The molecule has 1 aromatic rings. The Bertz CT molecular complexity index is 422. The Morgan fingerprint density at radius 2 is 2.00 bits per heavy atom. The van der Waals surface area contributed by atoms with E-state index in [4.69, 9.17) is 4.74 Å². The van der Waals surface area contributed by atoms with Crippen LogP contribution in [0.5, 0.6) is 5.75 Å². The van der Waals surface area contributed by atoms with Crippen LogP contribution < -0.4 is 15.4 Å². The maximum Gasteiger partial charge on any atom is 0.220 e. The van der Waals surface area contributed by atoms with E-state index in [-0.39, 0.29) is 24.4 Å². The van der Waals surface area contributed by atoms with Crippen molar-refractivity contribution in [3.63, 3.8) is 0 Å². The standard InChI is InChI=1S/C17H26N2O2.ClH/c1-2-15(13-21-16-6-4-3-5-7-16)19-17(20)12-14-8-10-18-11-9-14;/h3-7,14-15,18H,2,8-13H2,1H3,(H,19,20);1H. The SMILES string of the molecule is CCC(COc1ccccc1)NC(=O)CC1CCNCC1.Cl. The summed E-state index contributed by atoms with van der Waals surface area (Å²) in [7, 11) is 0. The van der Waals surface area contributed by atoms with Crippen LogP contribution in [0, 0.1) is 5.92 Å². The second-order valence-electron chi connectivity index (χ2n) is 5.69. The molecule has 22 heavy (non-hydrogen) atoms. The molecule has 1 heterocycles. The summed E-state index contributed by atoms with van der Waals surface area (Å²) in [6.07, 6.45) is 3.73. The Labute approximate surface area is 139 Å². The average Bonchev–Trinajstić information content (AvgIpc) is 2.53. The van der Waals surface area contributed by atoms with Crippen molar-refractivity contribution >= 4 is 18.3 Å². The molecule has 1 amide bonds. The number of amides is 1. The third kappa shape index (κ3) is 6.67. The summed E-state index contributed by atoms with van der Waals surface area (Å²) < 4.78 is 5.73. The number of hydrogen-bond donors (Lipinski definition) is 2. The van der Waals surface area contributed by atoms with Gasteiger partial charge in [0.25, 0.3) is 0 Å². The highest BCUT2D eigenvalue weighted by molar-refractivity contribution is 5.85. The molecular formula is C17H27ClN2O2. The number of benzene rings is 1. The van der Waals surface area contributed by atoms with Gasteiger partial charge < -0.3 is 15.4 Å². The summed E-state index contributed by atoms with van der Waals surface area (Å²) in [5.41, 5.74) is 0. The third-order valence-corrected chi connectivity index (χ3v) is 3.99. The number of piperidine rings is 1. The highest BCUT2D eigenvalue weighted by atomic mass is 35.5. The van der Waals surface area contributed by atoms with E-state index in [1.165, 1.54) is 0 Å². The fraction of sp³-hybridized carbons (Fsp3) is 0.588. The number of para-hydroxylation sites is 1. The topological polar surface area (TPSA) is 50.4 Å². The van der Waals surface area contributed by atoms with Crippen LogP contribution in [-0.4, -0.2) is 31.6 Å². The lowest BCUT2D eigenvalue weighted by molar-refractivity contribution is -0.123. The van der Waals surface area contributed by atoms with Gasteiger partial charge in [0.1, 0.15) is 12.4 Å². The first-order valence-corrected chi connectivity index (χ1v) is 7.96. The largest absolute Gasteiger partial charge is 0.491 e. The van der Waals surface area contributed by atoms with E-state index < -0.39 is 0 Å². The van der Waals surface area contributed by atoms with Crippen molar-refractivity contribution in [2.24, 2.45) is 5.92 Å². The van der Waals surface area contributed by atoms with Gasteiger partial charge >= 0.3 is 0 Å². The quantitative estimate of drug-likeness (QED) is 0.810. The van der Waals surface area contributed by atoms with Crippen LogP contribution in [0.1, 0.15) is 32.6 Å². The molecule has 5 heteroatoms. The molecule has 1 aliphatic heterocycles. The van der Waals surface area contributed by atoms with Gasteiger partial charge in [0.05, 0.1) is 6.04 Å². The summed E-state index contributed by atoms with van der Waals surface area (Å²) in [5, 5.41) is 6.43. The Kier molecular flexibility index (Phi) is 8.94. The molecule has 1 unspecified atom stereocenters. The number of halogens is 1. The van der Waals surface area contributed by atoms with Gasteiger partial charge in [-0.1, -0.05) is 25.1 Å². The van der Waals surface area contributed by atoms with Crippen molar-refractivity contribution in [1.82, 2.24) is 10.6 Å². The zero-order chi connectivity index (χ0) is 14.9. The van der Waals surface area contributed by atoms with E-state index >= 15 is 0 Å². The smallest absolute Gasteiger partial charge is 0.220 e. The molecule has 0 saturated carbocycles. The number of rotatable bonds is 7. The highest BCUT2D eigenvalue weighted by Gasteiger charge is 2.18. The van der Waals surface area contributed by atoms with Gasteiger partial charge in [-0.05, 0) is 50.4 Å². The molecule has 0 aliphatic carbocycles. The van der Waals surface area contributed by atoms with Crippen molar-refractivity contribution in [3.05, 3.63) is 30.3 Å². The van der Waals surface area contributed by atoms with Crippen LogP contribution in [0.4, 0.5) is 0 Å². The van der Waals surface area contributed by atoms with Crippen molar-refractivity contribution in [2.45, 2.75) is 38.6 Å². The van der Waals surface area contributed by atoms with E-state index in [9.17, 15) is 4.79 Å². The summed E-state index contributed by atoms with van der Waals surface area (Å²) in [4.78, 5) is 12.1. The van der Waals surface area contributed by atoms with E-state index in [0.717, 1.165) is 38.1 Å². The molecule has 2 rings (SSSR count). The lowest BCUT2D eigenvalue weighted by Gasteiger charge is -2.23. The molecule has 0 bridgehead atoms. The first-order valence-electron chi connectivity index (χ1n) is 7.96. The Morgan fingerprint density at radius 3 is 2.64 bits per heavy atom. The Balaban J connectivity index is 0.00000242. The van der Waals surface area contributed by atoms with Gasteiger partial charge in [-0.2, -0.15) is 0 Å². The van der Waals surface area contributed by atoms with Crippen LogP contribution >= 0.6 is 12.4 Å². The van der Waals surface area contributed by atoms with E-state index in [1.807, 2.05) is 30.3 Å². The Hall–Kier alpha value is -1.26. The van der Waals surface area contributed by atoms with Crippen LogP contribution in [0.25, 0.3) is 0 Å². The molecule has 2 N–H and O–H groups in total. The molecule has 1 atom stereocenters. The van der Waals surface area contributed by atoms with Gasteiger partial charge in [0.2, 0.25) is 5.91 Å². The van der Waals surface area contributed by atoms with Crippen LogP contribution in [-0.2, 0) is 4.79 Å². The van der Waals surface area contributed by atoms with Crippen molar-refractivity contribution in [1.29, 1.82) is 0 Å². The second kappa shape index (κ2) is 10.5. The van der Waals surface area contributed by atoms with Gasteiger partial charge in [0, 0.05) is 6.42 Å². The lowest BCUT2D eigenvalue weighted by atomic mass is 9.94. The average molecular weight is 327 g/mol. The molecule has 1 fully saturated rings. The van der Waals surface area contributed by atoms with Crippen molar-refractivity contribution in [2.75, 3.05) is 19.7 Å². The monoisotopic (exact) mass is 326 g/mol. The minimum absolute atomic E-state index is 0. The van der Waals surface area contributed by atoms with Crippen LogP contribution in [0.15, 0.2) is 30.3 Å². The second-order valence-corrected chi connectivity index (χ2v) is 5.69. The fourth-order valence-electron chi connectivity index (χ4n) is 2.61. The zero-order valence-electron chi connectivity index (χ0n) is 13.2. The summed E-state index contributed by atoms with van der Waals surface area (Å²) >= 11 is 0. The predicted octanol–water partition coefficient (Wildman–Crippen LogP) is 2.77. The Morgan fingerprint density at radius 1 is 1.32 bits per heavy atom. The zero-order valence-corrected chi connectivity index (χ0v) is 14.0. The summed E-state index contributed by atoms with van der Waals surface area (Å²) in [6, 6.07) is 9.82. The number of carbonyl (C=O) groups is 1. The van der Waals surface area contributed by atoms with Crippen molar-refractivity contribution < 1.29 is 9.53 Å². The van der Waals surface area contributed by atoms with Gasteiger partial charge in [0.15, 0.2) is 0 Å². The minimum atomic E-state index is 0. The van der Waals surface area contributed by atoms with Crippen LogP contribution in [0.2, 0.25) is 0 Å². The number of hydrogen-bond acceptors (Lipinski definition) is 3. The van der Waals surface area contributed by atoms with Gasteiger partial charge in [-0.25, -0.2) is 0 Å². The molecule has 1 aromatic carbocycles. The maximum atomic E-state index is 12.1. The van der Waals surface area contributed by atoms with E-state index in [1.54, 1.807) is 0 Å². The normalized spacial score (nSPS) is 16.4. The molecule has 0 aromatic heterocycles. The van der Waals surface area contributed by atoms with Crippen molar-refractivity contribution in [3.8, 4) is 5.75 Å². The first-order chi connectivity index (χ1) is 10.3. The van der Waals surface area contributed by atoms with Gasteiger partial charge in [-0.3, -0.25) is 4.79 Å². The highest BCUT2D eigenvalue weighted by Crippen LogP contribution is 2.16. The van der Waals surface area contributed by atoms with Crippen LogP contribution in [0.3, 0.4) is 0 Å². The minimum Gasteiger partial charge on any atom is -0.491 e. The predicted molar refractivity (Wildman–Crippen MR) is 91.6 cm³/mol. The molecule has 0 radical (unpaired) electrons. The number of ether oxygens (including phenoxy) is 1. The first kappa shape index (κ1) is 18.8. The molecular weight excluding hydrogens is 300 g/mol. The number of nitrogens with one attached hydrogen (secondary N) is 2. The molecule has 124 valence electrons. The molecule has 1 aliphatic rings.